The first-order chi connectivity index (χ1) is 12.0. The van der Waals surface area contributed by atoms with Crippen molar-refractivity contribution in [3.05, 3.63) is 65.7 Å². The fraction of sp³-hybridized carbons (Fsp3) is 0.316. The minimum atomic E-state index is -3.44. The molecule has 0 aromatic heterocycles. The minimum Gasteiger partial charge on any atom is -0.334 e. The van der Waals surface area contributed by atoms with E-state index >= 15 is 0 Å². The molecule has 1 atom stereocenters. The Morgan fingerprint density at radius 3 is 2.35 bits per heavy atom. The molecule has 5 nitrogen and oxygen atoms in total. The Balaban J connectivity index is 0.00000243. The van der Waals surface area contributed by atoms with E-state index in [2.05, 4.69) is 0 Å². The number of benzene rings is 2. The molecular formula is C19H23ClN2O3S. The van der Waals surface area contributed by atoms with Crippen LogP contribution in [0.4, 0.5) is 0 Å². The molecule has 1 aliphatic rings. The lowest BCUT2D eigenvalue weighted by Crippen LogP contribution is -2.39. The molecule has 1 fully saturated rings. The molecule has 2 aromatic carbocycles. The first kappa shape index (κ1) is 20.4. The predicted molar refractivity (Wildman–Crippen MR) is 104 cm³/mol. The zero-order valence-electron chi connectivity index (χ0n) is 14.4. The van der Waals surface area contributed by atoms with E-state index in [1.54, 1.807) is 29.2 Å². The summed E-state index contributed by atoms with van der Waals surface area (Å²) in [5.41, 5.74) is 6.96. The maximum absolute atomic E-state index is 12.6. The van der Waals surface area contributed by atoms with Crippen molar-refractivity contribution in [2.75, 3.05) is 13.1 Å². The van der Waals surface area contributed by atoms with Crippen LogP contribution >= 0.6 is 12.4 Å². The third kappa shape index (κ3) is 4.44. The molecule has 1 unspecified atom stereocenters. The van der Waals surface area contributed by atoms with Crippen LogP contribution in [0, 0.1) is 0 Å². The highest BCUT2D eigenvalue weighted by molar-refractivity contribution is 7.90. The zero-order valence-corrected chi connectivity index (χ0v) is 16.0. The standard InChI is InChI=1S/C19H22N2O3S.ClH/c20-13-17-7-4-12-21(17)19(22)16-8-10-18(11-9-16)25(23,24)14-15-5-2-1-3-6-15;/h1-3,5-6,8-11,17H,4,7,12-14,20H2;1H. The molecule has 0 spiro atoms. The van der Waals surface area contributed by atoms with Crippen molar-refractivity contribution in [1.29, 1.82) is 0 Å². The fourth-order valence-corrected chi connectivity index (χ4v) is 4.54. The van der Waals surface area contributed by atoms with Crippen molar-refractivity contribution in [2.45, 2.75) is 29.5 Å². The summed E-state index contributed by atoms with van der Waals surface area (Å²) in [6.07, 6.45) is 1.88. The van der Waals surface area contributed by atoms with Crippen molar-refractivity contribution in [1.82, 2.24) is 4.90 Å². The summed E-state index contributed by atoms with van der Waals surface area (Å²) < 4.78 is 25.1. The smallest absolute Gasteiger partial charge is 0.254 e. The molecule has 1 heterocycles. The normalized spacial score (nSPS) is 17.0. The number of amides is 1. The number of sulfone groups is 1. The Hall–Kier alpha value is -1.89. The van der Waals surface area contributed by atoms with Gasteiger partial charge in [0.25, 0.3) is 5.91 Å². The van der Waals surface area contributed by atoms with Crippen LogP contribution in [0.2, 0.25) is 0 Å². The van der Waals surface area contributed by atoms with E-state index in [4.69, 9.17) is 5.73 Å². The molecule has 1 aliphatic heterocycles. The molecule has 2 N–H and O–H groups in total. The Morgan fingerprint density at radius 1 is 1.08 bits per heavy atom. The molecule has 0 saturated carbocycles. The summed E-state index contributed by atoms with van der Waals surface area (Å²) in [7, 11) is -3.44. The monoisotopic (exact) mass is 394 g/mol. The molecule has 1 saturated heterocycles. The summed E-state index contributed by atoms with van der Waals surface area (Å²) in [6.45, 7) is 1.16. The number of rotatable bonds is 5. The van der Waals surface area contributed by atoms with Gasteiger partial charge < -0.3 is 10.6 Å². The van der Waals surface area contributed by atoms with Gasteiger partial charge in [-0.15, -0.1) is 12.4 Å². The minimum absolute atomic E-state index is 0. The quantitative estimate of drug-likeness (QED) is 0.845. The molecule has 3 rings (SSSR count). The van der Waals surface area contributed by atoms with Crippen molar-refractivity contribution < 1.29 is 13.2 Å². The van der Waals surface area contributed by atoms with Gasteiger partial charge in [-0.2, -0.15) is 0 Å². The summed E-state index contributed by atoms with van der Waals surface area (Å²) in [5, 5.41) is 0. The third-order valence-corrected chi connectivity index (χ3v) is 6.27. The average Bonchev–Trinajstić information content (AvgIpc) is 3.10. The van der Waals surface area contributed by atoms with E-state index in [1.165, 1.54) is 12.1 Å². The van der Waals surface area contributed by atoms with E-state index in [0.717, 1.165) is 18.4 Å². The van der Waals surface area contributed by atoms with Crippen molar-refractivity contribution >= 4 is 28.2 Å². The summed E-state index contributed by atoms with van der Waals surface area (Å²) in [4.78, 5) is 14.6. The fourth-order valence-electron chi connectivity index (χ4n) is 3.20. The van der Waals surface area contributed by atoms with Gasteiger partial charge in [0, 0.05) is 24.7 Å². The zero-order chi connectivity index (χ0) is 17.9. The molecule has 2 aromatic rings. The number of likely N-dealkylation sites (tertiary alicyclic amines) is 1. The largest absolute Gasteiger partial charge is 0.334 e. The Morgan fingerprint density at radius 2 is 1.73 bits per heavy atom. The third-order valence-electron chi connectivity index (χ3n) is 4.57. The van der Waals surface area contributed by atoms with Crippen LogP contribution in [0.1, 0.15) is 28.8 Å². The molecule has 1 amide bonds. The van der Waals surface area contributed by atoms with E-state index in [9.17, 15) is 13.2 Å². The van der Waals surface area contributed by atoms with Crippen molar-refractivity contribution in [3.63, 3.8) is 0 Å². The van der Waals surface area contributed by atoms with Crippen LogP contribution in [0.3, 0.4) is 0 Å². The molecular weight excluding hydrogens is 372 g/mol. The molecule has 0 radical (unpaired) electrons. The number of carbonyl (C=O) groups is 1. The number of hydrogen-bond donors (Lipinski definition) is 1. The SMILES string of the molecule is Cl.NCC1CCCN1C(=O)c1ccc(S(=O)(=O)Cc2ccccc2)cc1. The van der Waals surface area contributed by atoms with Crippen LogP contribution in [0.5, 0.6) is 0 Å². The van der Waals surface area contributed by atoms with Crippen molar-refractivity contribution in [3.8, 4) is 0 Å². The molecule has 26 heavy (non-hydrogen) atoms. The van der Waals surface area contributed by atoms with Crippen LogP contribution in [-0.4, -0.2) is 38.4 Å². The van der Waals surface area contributed by atoms with E-state index in [-0.39, 0.29) is 35.0 Å². The summed E-state index contributed by atoms with van der Waals surface area (Å²) in [5.74, 6) is -0.136. The number of carbonyl (C=O) groups excluding carboxylic acids is 1. The number of hydrogen-bond acceptors (Lipinski definition) is 4. The van der Waals surface area contributed by atoms with E-state index < -0.39 is 9.84 Å². The second-order valence-corrected chi connectivity index (χ2v) is 8.29. The Labute approximate surface area is 160 Å². The lowest BCUT2D eigenvalue weighted by Gasteiger charge is -2.23. The highest BCUT2D eigenvalue weighted by atomic mass is 35.5. The number of nitrogens with two attached hydrogens (primary N) is 1. The van der Waals surface area contributed by atoms with Gasteiger partial charge in [0.15, 0.2) is 9.84 Å². The van der Waals surface area contributed by atoms with Gasteiger partial charge in [-0.3, -0.25) is 4.79 Å². The number of halogens is 1. The van der Waals surface area contributed by atoms with Gasteiger partial charge >= 0.3 is 0 Å². The van der Waals surface area contributed by atoms with Crippen LogP contribution in [0.25, 0.3) is 0 Å². The number of nitrogens with zero attached hydrogens (tertiary/aromatic N) is 1. The summed E-state index contributed by atoms with van der Waals surface area (Å²) in [6, 6.07) is 15.3. The second-order valence-electron chi connectivity index (χ2n) is 6.30. The Bertz CT molecular complexity index is 839. The maximum atomic E-state index is 12.6. The molecule has 7 heteroatoms. The van der Waals surface area contributed by atoms with Crippen LogP contribution in [0.15, 0.2) is 59.5 Å². The van der Waals surface area contributed by atoms with Gasteiger partial charge in [0.1, 0.15) is 0 Å². The van der Waals surface area contributed by atoms with Gasteiger partial charge in [-0.05, 0) is 42.7 Å². The first-order valence-electron chi connectivity index (χ1n) is 8.39. The average molecular weight is 395 g/mol. The first-order valence-corrected chi connectivity index (χ1v) is 10.0. The lowest BCUT2D eigenvalue weighted by molar-refractivity contribution is 0.0741. The highest BCUT2D eigenvalue weighted by Gasteiger charge is 2.28. The molecule has 140 valence electrons. The topological polar surface area (TPSA) is 80.5 Å². The van der Waals surface area contributed by atoms with Crippen molar-refractivity contribution in [2.24, 2.45) is 5.73 Å². The highest BCUT2D eigenvalue weighted by Crippen LogP contribution is 2.21. The van der Waals surface area contributed by atoms with E-state index in [1.807, 2.05) is 18.2 Å². The molecule has 0 aliphatic carbocycles. The van der Waals surface area contributed by atoms with Gasteiger partial charge in [-0.25, -0.2) is 8.42 Å². The van der Waals surface area contributed by atoms with Crippen LogP contribution < -0.4 is 5.73 Å². The maximum Gasteiger partial charge on any atom is 0.254 e. The van der Waals surface area contributed by atoms with Gasteiger partial charge in [0.2, 0.25) is 0 Å². The Kier molecular flexibility index (Phi) is 6.81. The van der Waals surface area contributed by atoms with Gasteiger partial charge in [0.05, 0.1) is 10.6 Å². The summed E-state index contributed by atoms with van der Waals surface area (Å²) >= 11 is 0. The second kappa shape index (κ2) is 8.66. The van der Waals surface area contributed by atoms with Crippen LogP contribution in [-0.2, 0) is 15.6 Å². The van der Waals surface area contributed by atoms with Gasteiger partial charge in [-0.1, -0.05) is 30.3 Å². The van der Waals surface area contributed by atoms with E-state index in [0.29, 0.717) is 18.7 Å². The predicted octanol–water partition coefficient (Wildman–Crippen LogP) is 2.65. The molecule has 0 bridgehead atoms. The lowest BCUT2D eigenvalue weighted by atomic mass is 10.1.